The SMILES string of the molecule is CCN1CCN(c2nncc(Nc3cccc(C)c3C)n2)CC1. The lowest BCUT2D eigenvalue weighted by Gasteiger charge is -2.33. The minimum absolute atomic E-state index is 0.705. The number of aryl methyl sites for hydroxylation is 1. The number of hydrogen-bond acceptors (Lipinski definition) is 6. The van der Waals surface area contributed by atoms with Crippen LogP contribution in [0.15, 0.2) is 24.4 Å². The summed E-state index contributed by atoms with van der Waals surface area (Å²) in [5, 5.41) is 11.7. The van der Waals surface area contributed by atoms with Gasteiger partial charge < -0.3 is 15.1 Å². The Labute approximate surface area is 137 Å². The molecule has 0 atom stereocenters. The first-order valence-corrected chi connectivity index (χ1v) is 8.17. The Morgan fingerprint density at radius 2 is 1.91 bits per heavy atom. The quantitative estimate of drug-likeness (QED) is 0.935. The molecule has 1 aromatic heterocycles. The van der Waals surface area contributed by atoms with E-state index in [0.717, 1.165) is 44.2 Å². The molecule has 0 unspecified atom stereocenters. The van der Waals surface area contributed by atoms with Gasteiger partial charge in [0.05, 0.1) is 6.20 Å². The maximum Gasteiger partial charge on any atom is 0.247 e. The summed E-state index contributed by atoms with van der Waals surface area (Å²) < 4.78 is 0. The third kappa shape index (κ3) is 3.59. The van der Waals surface area contributed by atoms with Crippen LogP contribution in [0.5, 0.6) is 0 Å². The zero-order valence-electron chi connectivity index (χ0n) is 14.1. The molecule has 1 fully saturated rings. The maximum atomic E-state index is 4.64. The van der Waals surface area contributed by atoms with Gasteiger partial charge in [0.1, 0.15) is 0 Å². The van der Waals surface area contributed by atoms with Gasteiger partial charge in [-0.3, -0.25) is 0 Å². The fraction of sp³-hybridized carbons (Fsp3) is 0.471. The molecule has 0 aliphatic carbocycles. The van der Waals surface area contributed by atoms with Crippen molar-refractivity contribution >= 4 is 17.5 Å². The highest BCUT2D eigenvalue weighted by atomic mass is 15.4. The molecule has 0 bridgehead atoms. The molecule has 2 heterocycles. The predicted molar refractivity (Wildman–Crippen MR) is 93.4 cm³/mol. The van der Waals surface area contributed by atoms with E-state index in [1.165, 1.54) is 11.1 Å². The summed E-state index contributed by atoms with van der Waals surface area (Å²) in [6, 6.07) is 6.21. The van der Waals surface area contributed by atoms with Gasteiger partial charge in [0, 0.05) is 31.9 Å². The first-order chi connectivity index (χ1) is 11.2. The average molecular weight is 312 g/mol. The highest BCUT2D eigenvalue weighted by Crippen LogP contribution is 2.22. The molecule has 23 heavy (non-hydrogen) atoms. The molecule has 0 radical (unpaired) electrons. The third-order valence-electron chi connectivity index (χ3n) is 4.52. The number of aromatic nitrogens is 3. The molecule has 2 aromatic rings. The second-order valence-corrected chi connectivity index (χ2v) is 5.94. The second-order valence-electron chi connectivity index (χ2n) is 5.94. The summed E-state index contributed by atoms with van der Waals surface area (Å²) in [5.74, 6) is 1.44. The standard InChI is InChI=1S/C17H24N6/c1-4-22-8-10-23(11-9-22)17-20-16(12-18-21-17)19-15-7-5-6-13(2)14(15)3/h5-7,12H,4,8-11H2,1-3H3,(H,19,20,21). The molecule has 1 N–H and O–H groups in total. The monoisotopic (exact) mass is 312 g/mol. The number of anilines is 3. The lowest BCUT2D eigenvalue weighted by Crippen LogP contribution is -2.46. The lowest BCUT2D eigenvalue weighted by atomic mass is 10.1. The summed E-state index contributed by atoms with van der Waals surface area (Å²) in [4.78, 5) is 9.27. The van der Waals surface area contributed by atoms with Crippen LogP contribution in [0.3, 0.4) is 0 Å². The van der Waals surface area contributed by atoms with Crippen molar-refractivity contribution in [1.29, 1.82) is 0 Å². The normalized spacial score (nSPS) is 15.7. The highest BCUT2D eigenvalue weighted by Gasteiger charge is 2.18. The number of rotatable bonds is 4. The van der Waals surface area contributed by atoms with Gasteiger partial charge >= 0.3 is 0 Å². The number of likely N-dealkylation sites (N-methyl/N-ethyl adjacent to an activating group) is 1. The van der Waals surface area contributed by atoms with Crippen molar-refractivity contribution in [1.82, 2.24) is 20.1 Å². The fourth-order valence-electron chi connectivity index (χ4n) is 2.78. The van der Waals surface area contributed by atoms with Crippen LogP contribution >= 0.6 is 0 Å². The van der Waals surface area contributed by atoms with Gasteiger partial charge in [0.2, 0.25) is 5.95 Å². The van der Waals surface area contributed by atoms with Crippen molar-refractivity contribution < 1.29 is 0 Å². The summed E-state index contributed by atoms with van der Waals surface area (Å²) >= 11 is 0. The van der Waals surface area contributed by atoms with Gasteiger partial charge in [0.15, 0.2) is 5.82 Å². The second kappa shape index (κ2) is 6.91. The van der Waals surface area contributed by atoms with Crippen LogP contribution in [-0.4, -0.2) is 52.8 Å². The molecular formula is C17H24N6. The van der Waals surface area contributed by atoms with Crippen LogP contribution in [0.25, 0.3) is 0 Å². The largest absolute Gasteiger partial charge is 0.339 e. The molecule has 6 nitrogen and oxygen atoms in total. The van der Waals surface area contributed by atoms with Gasteiger partial charge in [-0.25, -0.2) is 0 Å². The fourth-order valence-corrected chi connectivity index (χ4v) is 2.78. The van der Waals surface area contributed by atoms with Crippen molar-refractivity contribution in [2.24, 2.45) is 0 Å². The smallest absolute Gasteiger partial charge is 0.247 e. The van der Waals surface area contributed by atoms with E-state index in [9.17, 15) is 0 Å². The van der Waals surface area contributed by atoms with E-state index < -0.39 is 0 Å². The lowest BCUT2D eigenvalue weighted by molar-refractivity contribution is 0.269. The van der Waals surface area contributed by atoms with E-state index in [2.05, 4.69) is 63.2 Å². The molecule has 1 aliphatic heterocycles. The maximum absolute atomic E-state index is 4.64. The zero-order valence-corrected chi connectivity index (χ0v) is 14.1. The summed E-state index contributed by atoms with van der Waals surface area (Å²) in [6.45, 7) is 11.5. The van der Waals surface area contributed by atoms with Crippen molar-refractivity contribution in [3.63, 3.8) is 0 Å². The molecule has 3 rings (SSSR count). The summed E-state index contributed by atoms with van der Waals surface area (Å²) in [6.07, 6.45) is 1.67. The first-order valence-electron chi connectivity index (χ1n) is 8.17. The van der Waals surface area contributed by atoms with Crippen molar-refractivity contribution in [3.8, 4) is 0 Å². The minimum Gasteiger partial charge on any atom is -0.339 e. The molecule has 6 heteroatoms. The Morgan fingerprint density at radius 3 is 2.65 bits per heavy atom. The highest BCUT2D eigenvalue weighted by molar-refractivity contribution is 5.62. The molecule has 1 saturated heterocycles. The van der Waals surface area contributed by atoms with Gasteiger partial charge in [-0.05, 0) is 37.6 Å². The Balaban J connectivity index is 1.74. The van der Waals surface area contributed by atoms with Crippen LogP contribution in [0.4, 0.5) is 17.5 Å². The predicted octanol–water partition coefficient (Wildman–Crippen LogP) is 2.37. The Morgan fingerprint density at radius 1 is 1.13 bits per heavy atom. The van der Waals surface area contributed by atoms with E-state index in [1.54, 1.807) is 6.20 Å². The zero-order chi connectivity index (χ0) is 16.2. The summed E-state index contributed by atoms with van der Waals surface area (Å²) in [7, 11) is 0. The number of piperazine rings is 1. The van der Waals surface area contributed by atoms with E-state index in [1.807, 2.05) is 6.07 Å². The number of nitrogens with one attached hydrogen (secondary N) is 1. The van der Waals surface area contributed by atoms with Crippen LogP contribution in [0.2, 0.25) is 0 Å². The van der Waals surface area contributed by atoms with Crippen molar-refractivity contribution in [3.05, 3.63) is 35.5 Å². The van der Waals surface area contributed by atoms with E-state index in [4.69, 9.17) is 0 Å². The molecule has 122 valence electrons. The summed E-state index contributed by atoms with van der Waals surface area (Å²) in [5.41, 5.74) is 3.55. The van der Waals surface area contributed by atoms with Crippen LogP contribution in [0.1, 0.15) is 18.1 Å². The van der Waals surface area contributed by atoms with Crippen molar-refractivity contribution in [2.75, 3.05) is 42.9 Å². The molecule has 1 aromatic carbocycles. The molecule has 1 aliphatic rings. The van der Waals surface area contributed by atoms with E-state index in [-0.39, 0.29) is 0 Å². The molecule has 0 spiro atoms. The topological polar surface area (TPSA) is 57.2 Å². The number of hydrogen-bond donors (Lipinski definition) is 1. The van der Waals surface area contributed by atoms with Crippen LogP contribution < -0.4 is 10.2 Å². The Hall–Kier alpha value is -2.21. The van der Waals surface area contributed by atoms with Gasteiger partial charge in [-0.2, -0.15) is 10.1 Å². The Kier molecular flexibility index (Phi) is 4.71. The van der Waals surface area contributed by atoms with E-state index in [0.29, 0.717) is 5.95 Å². The first kappa shape index (κ1) is 15.7. The third-order valence-corrected chi connectivity index (χ3v) is 4.52. The van der Waals surface area contributed by atoms with Crippen molar-refractivity contribution in [2.45, 2.75) is 20.8 Å². The average Bonchev–Trinajstić information content (AvgIpc) is 2.59. The van der Waals surface area contributed by atoms with Crippen LogP contribution in [-0.2, 0) is 0 Å². The molecular weight excluding hydrogens is 288 g/mol. The van der Waals surface area contributed by atoms with E-state index >= 15 is 0 Å². The van der Waals surface area contributed by atoms with Gasteiger partial charge in [0.25, 0.3) is 0 Å². The number of benzene rings is 1. The molecule has 0 saturated carbocycles. The van der Waals surface area contributed by atoms with Gasteiger partial charge in [-0.15, -0.1) is 5.10 Å². The molecule has 0 amide bonds. The Bertz CT molecular complexity index is 664. The van der Waals surface area contributed by atoms with Gasteiger partial charge in [-0.1, -0.05) is 19.1 Å². The van der Waals surface area contributed by atoms with Crippen LogP contribution in [0, 0.1) is 13.8 Å². The number of nitrogens with zero attached hydrogens (tertiary/aromatic N) is 5. The minimum atomic E-state index is 0.705.